The molecule has 0 atom stereocenters. The number of halogens is 2. The highest BCUT2D eigenvalue weighted by Gasteiger charge is 2.14. The van der Waals surface area contributed by atoms with Crippen LogP contribution < -0.4 is 11.2 Å². The molecule has 1 aromatic carbocycles. The van der Waals surface area contributed by atoms with Crippen LogP contribution in [-0.2, 0) is 14.1 Å². The number of hydrogen-bond acceptors (Lipinski definition) is 5. The first kappa shape index (κ1) is 15.3. The maximum absolute atomic E-state index is 11.9. The summed E-state index contributed by atoms with van der Waals surface area (Å²) >= 11 is 11.6. The number of azo groups is 1. The molecule has 0 saturated heterocycles. The Bertz CT molecular complexity index is 835. The molecule has 0 saturated carbocycles. The fourth-order valence-electron chi connectivity index (χ4n) is 1.61. The third-order valence-corrected chi connectivity index (χ3v) is 3.16. The molecule has 2 rings (SSSR count). The van der Waals surface area contributed by atoms with Gasteiger partial charge in [-0.3, -0.25) is 13.9 Å². The van der Waals surface area contributed by atoms with E-state index in [4.69, 9.17) is 23.2 Å². The molecule has 0 unspecified atom stereocenters. The molecule has 0 aliphatic carbocycles. The van der Waals surface area contributed by atoms with E-state index in [0.29, 0.717) is 15.7 Å². The summed E-state index contributed by atoms with van der Waals surface area (Å²) < 4.78 is 1.71. The van der Waals surface area contributed by atoms with Crippen molar-refractivity contribution in [2.24, 2.45) is 24.3 Å². The Balaban J connectivity index is 2.56. The van der Waals surface area contributed by atoms with Crippen LogP contribution in [0.2, 0.25) is 10.0 Å². The molecule has 1 N–H and O–H groups in total. The number of nitrogens with zero attached hydrogens (tertiary/aromatic N) is 4. The van der Waals surface area contributed by atoms with Gasteiger partial charge in [0.1, 0.15) is 0 Å². The van der Waals surface area contributed by atoms with Crippen molar-refractivity contribution in [3.05, 3.63) is 49.1 Å². The van der Waals surface area contributed by atoms with Crippen LogP contribution in [0.25, 0.3) is 0 Å². The zero-order valence-electron chi connectivity index (χ0n) is 11.0. The summed E-state index contributed by atoms with van der Waals surface area (Å²) in [6, 6.07) is 4.49. The number of aromatic hydroxyl groups is 1. The summed E-state index contributed by atoms with van der Waals surface area (Å²) in [7, 11) is 2.59. The molecular formula is C12H10Cl2N4O3. The van der Waals surface area contributed by atoms with E-state index in [9.17, 15) is 14.7 Å². The van der Waals surface area contributed by atoms with Gasteiger partial charge in [0.15, 0.2) is 0 Å². The Kier molecular flexibility index (Phi) is 4.15. The van der Waals surface area contributed by atoms with Gasteiger partial charge in [-0.15, -0.1) is 5.11 Å². The molecule has 21 heavy (non-hydrogen) atoms. The van der Waals surface area contributed by atoms with Crippen molar-refractivity contribution in [3.63, 3.8) is 0 Å². The zero-order valence-corrected chi connectivity index (χ0v) is 12.6. The van der Waals surface area contributed by atoms with Gasteiger partial charge in [0, 0.05) is 24.1 Å². The lowest BCUT2D eigenvalue weighted by atomic mass is 10.3. The van der Waals surface area contributed by atoms with Gasteiger partial charge in [0.05, 0.1) is 5.69 Å². The molecule has 0 aliphatic rings. The summed E-state index contributed by atoms with van der Waals surface area (Å²) in [4.78, 5) is 23.5. The van der Waals surface area contributed by atoms with Crippen molar-refractivity contribution in [2.45, 2.75) is 0 Å². The maximum atomic E-state index is 11.9. The van der Waals surface area contributed by atoms with Crippen molar-refractivity contribution in [1.82, 2.24) is 9.13 Å². The van der Waals surface area contributed by atoms with Crippen LogP contribution in [-0.4, -0.2) is 14.2 Å². The van der Waals surface area contributed by atoms with Crippen LogP contribution in [0, 0.1) is 0 Å². The van der Waals surface area contributed by atoms with Crippen molar-refractivity contribution >= 4 is 34.6 Å². The highest BCUT2D eigenvalue weighted by Crippen LogP contribution is 2.27. The van der Waals surface area contributed by atoms with Crippen molar-refractivity contribution < 1.29 is 5.11 Å². The summed E-state index contributed by atoms with van der Waals surface area (Å²) in [6.07, 6.45) is 0. The minimum Gasteiger partial charge on any atom is -0.493 e. The van der Waals surface area contributed by atoms with Crippen LogP contribution >= 0.6 is 23.2 Å². The highest BCUT2D eigenvalue weighted by molar-refractivity contribution is 6.35. The summed E-state index contributed by atoms with van der Waals surface area (Å²) in [6.45, 7) is 0. The van der Waals surface area contributed by atoms with Crippen molar-refractivity contribution in [2.75, 3.05) is 0 Å². The molecule has 0 aliphatic heterocycles. The number of benzene rings is 1. The Morgan fingerprint density at radius 1 is 1.00 bits per heavy atom. The first-order valence-corrected chi connectivity index (χ1v) is 6.43. The largest absolute Gasteiger partial charge is 0.493 e. The van der Waals surface area contributed by atoms with E-state index in [1.165, 1.54) is 32.3 Å². The summed E-state index contributed by atoms with van der Waals surface area (Å²) in [5.74, 6) is -0.569. The highest BCUT2D eigenvalue weighted by atomic mass is 35.5. The van der Waals surface area contributed by atoms with Crippen LogP contribution in [0.1, 0.15) is 0 Å². The van der Waals surface area contributed by atoms with Gasteiger partial charge >= 0.3 is 5.69 Å². The van der Waals surface area contributed by atoms with Crippen LogP contribution in [0.5, 0.6) is 5.88 Å². The van der Waals surface area contributed by atoms with E-state index in [-0.39, 0.29) is 5.69 Å². The van der Waals surface area contributed by atoms with Crippen molar-refractivity contribution in [3.8, 4) is 5.88 Å². The second kappa shape index (κ2) is 5.71. The van der Waals surface area contributed by atoms with E-state index < -0.39 is 17.1 Å². The molecule has 110 valence electrons. The SMILES string of the molecule is Cn1c(O)c(N=Nc2cc(Cl)cc(Cl)c2)c(=O)n(C)c1=O. The quantitative estimate of drug-likeness (QED) is 0.859. The zero-order chi connectivity index (χ0) is 15.7. The van der Waals surface area contributed by atoms with Gasteiger partial charge in [-0.2, -0.15) is 5.11 Å². The van der Waals surface area contributed by atoms with Crippen LogP contribution in [0.4, 0.5) is 11.4 Å². The molecule has 1 aromatic heterocycles. The van der Waals surface area contributed by atoms with Gasteiger partial charge in [-0.25, -0.2) is 4.79 Å². The topological polar surface area (TPSA) is 88.9 Å². The molecule has 0 amide bonds. The lowest BCUT2D eigenvalue weighted by Crippen LogP contribution is -2.36. The van der Waals surface area contributed by atoms with Gasteiger partial charge in [0.25, 0.3) is 5.56 Å². The molecule has 0 bridgehead atoms. The molecule has 7 nitrogen and oxygen atoms in total. The average Bonchev–Trinajstić information content (AvgIpc) is 2.42. The lowest BCUT2D eigenvalue weighted by Gasteiger charge is -2.06. The third kappa shape index (κ3) is 2.98. The second-order valence-corrected chi connectivity index (χ2v) is 5.08. The molecule has 1 heterocycles. The normalized spacial score (nSPS) is 11.2. The monoisotopic (exact) mass is 328 g/mol. The molecule has 0 fully saturated rings. The molecule has 9 heteroatoms. The van der Waals surface area contributed by atoms with Gasteiger partial charge in [-0.05, 0) is 18.2 Å². The standard InChI is InChI=1S/C12H10Cl2N4O3/c1-17-10(19)9(11(20)18(2)12(17)21)16-15-8-4-6(13)3-7(14)5-8/h3-5,19H,1-2H3. The van der Waals surface area contributed by atoms with Gasteiger partial charge in [0.2, 0.25) is 11.6 Å². The summed E-state index contributed by atoms with van der Waals surface area (Å²) in [5.41, 5.74) is -1.46. The molecule has 0 spiro atoms. The first-order valence-electron chi connectivity index (χ1n) is 5.68. The molecule has 2 aromatic rings. The lowest BCUT2D eigenvalue weighted by molar-refractivity contribution is 0.413. The fourth-order valence-corrected chi connectivity index (χ4v) is 2.12. The molecular weight excluding hydrogens is 319 g/mol. The van der Waals surface area contributed by atoms with Crippen molar-refractivity contribution in [1.29, 1.82) is 0 Å². The summed E-state index contributed by atoms with van der Waals surface area (Å²) in [5, 5.41) is 18.0. The smallest absolute Gasteiger partial charge is 0.333 e. The minimum absolute atomic E-state index is 0.308. The average molecular weight is 329 g/mol. The maximum Gasteiger partial charge on any atom is 0.333 e. The fraction of sp³-hybridized carbons (Fsp3) is 0.167. The van der Waals surface area contributed by atoms with Crippen LogP contribution in [0.15, 0.2) is 38.0 Å². The third-order valence-electron chi connectivity index (χ3n) is 2.72. The number of hydrogen-bond donors (Lipinski definition) is 1. The van der Waals surface area contributed by atoms with Crippen LogP contribution in [0.3, 0.4) is 0 Å². The Labute approximate surface area is 128 Å². The van der Waals surface area contributed by atoms with E-state index in [2.05, 4.69) is 10.2 Å². The van der Waals surface area contributed by atoms with Gasteiger partial charge in [-0.1, -0.05) is 23.2 Å². The van der Waals surface area contributed by atoms with E-state index >= 15 is 0 Å². The number of aromatic nitrogens is 2. The number of rotatable bonds is 2. The Hall–Kier alpha value is -2.12. The Morgan fingerprint density at radius 3 is 2.14 bits per heavy atom. The first-order chi connectivity index (χ1) is 9.81. The molecule has 0 radical (unpaired) electrons. The van der Waals surface area contributed by atoms with E-state index in [1.54, 1.807) is 0 Å². The van der Waals surface area contributed by atoms with E-state index in [0.717, 1.165) is 9.13 Å². The van der Waals surface area contributed by atoms with E-state index in [1.807, 2.05) is 0 Å². The predicted molar refractivity (Wildman–Crippen MR) is 79.2 cm³/mol. The van der Waals surface area contributed by atoms with Gasteiger partial charge < -0.3 is 5.11 Å². The minimum atomic E-state index is -0.757. The second-order valence-electron chi connectivity index (χ2n) is 4.21. The Morgan fingerprint density at radius 2 is 1.57 bits per heavy atom. The predicted octanol–water partition coefficient (Wildman–Crippen LogP) is 2.51.